The van der Waals surface area contributed by atoms with Gasteiger partial charge >= 0.3 is 0 Å². The molecule has 3 rings (SSSR count). The van der Waals surface area contributed by atoms with Crippen LogP contribution in [0.2, 0.25) is 0 Å². The van der Waals surface area contributed by atoms with Gasteiger partial charge in [0, 0.05) is 0 Å². The number of benzene rings is 1. The van der Waals surface area contributed by atoms with Crippen molar-refractivity contribution < 1.29 is 19.4 Å². The first kappa shape index (κ1) is 17.3. The Hall–Kier alpha value is -1.53. The summed E-state index contributed by atoms with van der Waals surface area (Å²) in [5.41, 5.74) is 1.01. The summed E-state index contributed by atoms with van der Waals surface area (Å²) < 4.78 is 6.03. The molecule has 1 aliphatic heterocycles. The third kappa shape index (κ3) is 4.30. The highest BCUT2D eigenvalue weighted by atomic mass is 32.2. The fourth-order valence-electron chi connectivity index (χ4n) is 3.33. The Bertz CT molecular complexity index is 596. The highest BCUT2D eigenvalue weighted by molar-refractivity contribution is 8.15. The average Bonchev–Trinajstić information content (AvgIpc) is 2.87. The zero-order valence-corrected chi connectivity index (χ0v) is 14.6. The van der Waals surface area contributed by atoms with E-state index in [0.29, 0.717) is 12.3 Å². The third-order valence-corrected chi connectivity index (χ3v) is 5.82. The molecule has 6 heteroatoms. The number of aliphatic hydroxyl groups excluding tert-OH is 1. The van der Waals surface area contributed by atoms with E-state index >= 15 is 0 Å². The van der Waals surface area contributed by atoms with Gasteiger partial charge in [0.15, 0.2) is 0 Å². The van der Waals surface area contributed by atoms with Crippen LogP contribution in [0.1, 0.15) is 38.2 Å². The topological polar surface area (TPSA) is 75.6 Å². The minimum absolute atomic E-state index is 0.122. The second kappa shape index (κ2) is 7.57. The maximum atomic E-state index is 11.6. The van der Waals surface area contributed by atoms with E-state index in [0.717, 1.165) is 48.8 Å². The molecule has 24 heavy (non-hydrogen) atoms. The van der Waals surface area contributed by atoms with E-state index < -0.39 is 0 Å². The number of thioether (sulfide) groups is 1. The Labute approximate surface area is 146 Å². The second-order valence-corrected chi connectivity index (χ2v) is 7.80. The number of nitrogens with one attached hydrogen (secondary N) is 1. The van der Waals surface area contributed by atoms with Crippen molar-refractivity contribution in [3.05, 3.63) is 29.8 Å². The van der Waals surface area contributed by atoms with Crippen LogP contribution in [0.25, 0.3) is 0 Å². The van der Waals surface area contributed by atoms with Crippen molar-refractivity contribution in [1.29, 1.82) is 0 Å². The fraction of sp³-hybridized carbons (Fsp3) is 0.556. The molecule has 2 aliphatic rings. The molecule has 2 amide bonds. The number of carbonyl (C=O) groups is 2. The largest absolute Gasteiger partial charge is 0.490 e. The van der Waals surface area contributed by atoms with E-state index in [2.05, 4.69) is 12.2 Å². The lowest BCUT2D eigenvalue weighted by Crippen LogP contribution is -2.29. The molecule has 2 unspecified atom stereocenters. The minimum atomic E-state index is -0.336. The van der Waals surface area contributed by atoms with Crippen LogP contribution in [0, 0.1) is 5.92 Å². The van der Waals surface area contributed by atoms with Crippen molar-refractivity contribution in [2.75, 3.05) is 0 Å². The number of hydrogen-bond acceptors (Lipinski definition) is 5. The number of imide groups is 1. The first-order valence-electron chi connectivity index (χ1n) is 8.46. The lowest BCUT2D eigenvalue weighted by Gasteiger charge is -2.30. The summed E-state index contributed by atoms with van der Waals surface area (Å²) in [5, 5.41) is 11.3. The molecular formula is C18H23NO4S. The van der Waals surface area contributed by atoms with Crippen LogP contribution in [0.15, 0.2) is 24.3 Å². The van der Waals surface area contributed by atoms with Crippen LogP contribution in [0.3, 0.4) is 0 Å². The van der Waals surface area contributed by atoms with Crippen molar-refractivity contribution in [3.63, 3.8) is 0 Å². The maximum Gasteiger partial charge on any atom is 0.286 e. The Morgan fingerprint density at radius 3 is 2.46 bits per heavy atom. The lowest BCUT2D eigenvalue weighted by molar-refractivity contribution is -0.118. The van der Waals surface area contributed by atoms with Gasteiger partial charge in [-0.2, -0.15) is 0 Å². The Morgan fingerprint density at radius 1 is 1.21 bits per heavy atom. The number of aliphatic hydroxyl groups is 1. The summed E-state index contributed by atoms with van der Waals surface area (Å²) in [6, 6.07) is 7.73. The first-order chi connectivity index (χ1) is 11.5. The summed E-state index contributed by atoms with van der Waals surface area (Å²) in [5.74, 6) is 1.09. The van der Waals surface area contributed by atoms with Crippen LogP contribution >= 0.6 is 11.8 Å². The van der Waals surface area contributed by atoms with Gasteiger partial charge in [0.05, 0.1) is 17.5 Å². The number of amides is 2. The van der Waals surface area contributed by atoms with Crippen LogP contribution in [-0.2, 0) is 11.2 Å². The van der Waals surface area contributed by atoms with E-state index in [9.17, 15) is 14.7 Å². The summed E-state index contributed by atoms with van der Waals surface area (Å²) in [6.45, 7) is 2.08. The van der Waals surface area contributed by atoms with Gasteiger partial charge in [-0.15, -0.1) is 0 Å². The van der Waals surface area contributed by atoms with Crippen molar-refractivity contribution in [2.45, 2.75) is 56.5 Å². The van der Waals surface area contributed by atoms with Crippen LogP contribution < -0.4 is 10.1 Å². The monoisotopic (exact) mass is 349 g/mol. The zero-order valence-electron chi connectivity index (χ0n) is 13.7. The van der Waals surface area contributed by atoms with E-state index in [1.165, 1.54) is 0 Å². The molecule has 1 saturated heterocycles. The molecule has 1 aromatic carbocycles. The molecule has 5 nitrogen and oxygen atoms in total. The Kier molecular flexibility index (Phi) is 5.46. The van der Waals surface area contributed by atoms with Gasteiger partial charge in [0.25, 0.3) is 5.24 Å². The summed E-state index contributed by atoms with van der Waals surface area (Å²) in [7, 11) is 0. The molecule has 0 spiro atoms. The molecule has 2 N–H and O–H groups in total. The van der Waals surface area contributed by atoms with Gasteiger partial charge in [-0.1, -0.05) is 23.9 Å². The molecule has 2 fully saturated rings. The molecule has 2 atom stereocenters. The molecule has 130 valence electrons. The predicted molar refractivity (Wildman–Crippen MR) is 93.1 cm³/mol. The van der Waals surface area contributed by atoms with Crippen molar-refractivity contribution in [3.8, 4) is 5.75 Å². The summed E-state index contributed by atoms with van der Waals surface area (Å²) >= 11 is 1.05. The Morgan fingerprint density at radius 2 is 1.88 bits per heavy atom. The first-order valence-corrected chi connectivity index (χ1v) is 9.34. The quantitative estimate of drug-likeness (QED) is 0.855. The number of rotatable bonds is 5. The second-order valence-electron chi connectivity index (χ2n) is 6.62. The third-order valence-electron chi connectivity index (χ3n) is 4.84. The standard InChI is InChI=1S/C18H23NO4S/c1-11(13-4-6-14(20)7-5-13)23-15-8-2-12(3-9-15)10-16-17(21)19-18(22)24-16/h2-3,8-9,11,13-14,16,20H,4-7,10H2,1H3,(H,19,21,22). The fourth-order valence-corrected chi connectivity index (χ4v) is 4.19. The normalized spacial score (nSPS) is 28.5. The molecule has 0 radical (unpaired) electrons. The van der Waals surface area contributed by atoms with E-state index in [1.807, 2.05) is 24.3 Å². The van der Waals surface area contributed by atoms with Crippen molar-refractivity contribution >= 4 is 22.9 Å². The van der Waals surface area contributed by atoms with Crippen LogP contribution in [0.4, 0.5) is 4.79 Å². The molecular weight excluding hydrogens is 326 g/mol. The number of hydrogen-bond donors (Lipinski definition) is 2. The van der Waals surface area contributed by atoms with E-state index in [-0.39, 0.29) is 28.6 Å². The predicted octanol–water partition coefficient (Wildman–Crippen LogP) is 2.90. The van der Waals surface area contributed by atoms with Crippen molar-refractivity contribution in [2.24, 2.45) is 5.92 Å². The maximum absolute atomic E-state index is 11.6. The van der Waals surface area contributed by atoms with Crippen molar-refractivity contribution in [1.82, 2.24) is 5.32 Å². The molecule has 0 bridgehead atoms. The number of ether oxygens (including phenoxy) is 1. The van der Waals surface area contributed by atoms with E-state index in [1.54, 1.807) is 0 Å². The zero-order chi connectivity index (χ0) is 17.1. The average molecular weight is 349 g/mol. The highest BCUT2D eigenvalue weighted by Gasteiger charge is 2.31. The highest BCUT2D eigenvalue weighted by Crippen LogP contribution is 2.29. The van der Waals surface area contributed by atoms with Gasteiger partial charge in [-0.3, -0.25) is 14.9 Å². The van der Waals surface area contributed by atoms with Gasteiger partial charge in [0.2, 0.25) is 5.91 Å². The molecule has 1 aromatic rings. The molecule has 1 aliphatic carbocycles. The van der Waals surface area contributed by atoms with Gasteiger partial charge in [-0.05, 0) is 62.6 Å². The van der Waals surface area contributed by atoms with Gasteiger partial charge < -0.3 is 9.84 Å². The van der Waals surface area contributed by atoms with Crippen LogP contribution in [0.5, 0.6) is 5.75 Å². The summed E-state index contributed by atoms with van der Waals surface area (Å²) in [6.07, 6.45) is 4.24. The van der Waals surface area contributed by atoms with Gasteiger partial charge in [0.1, 0.15) is 5.75 Å². The van der Waals surface area contributed by atoms with Gasteiger partial charge in [-0.25, -0.2) is 0 Å². The minimum Gasteiger partial charge on any atom is -0.490 e. The Balaban J connectivity index is 1.52. The lowest BCUT2D eigenvalue weighted by atomic mass is 9.84. The SMILES string of the molecule is CC(Oc1ccc(CC2SC(=O)NC2=O)cc1)C1CCC(O)CC1. The summed E-state index contributed by atoms with van der Waals surface area (Å²) in [4.78, 5) is 22.8. The van der Waals surface area contributed by atoms with E-state index in [4.69, 9.17) is 4.74 Å². The number of carbonyl (C=O) groups excluding carboxylic acids is 2. The molecule has 0 aromatic heterocycles. The smallest absolute Gasteiger partial charge is 0.286 e. The molecule has 1 saturated carbocycles. The molecule has 1 heterocycles. The van der Waals surface area contributed by atoms with Crippen LogP contribution in [-0.4, -0.2) is 33.7 Å².